The third kappa shape index (κ3) is 6.60. The highest BCUT2D eigenvalue weighted by molar-refractivity contribution is 5.93. The predicted octanol–water partition coefficient (Wildman–Crippen LogP) is 3.67. The average Bonchev–Trinajstić information content (AvgIpc) is 2.74. The third-order valence-electron chi connectivity index (χ3n) is 4.44. The average molecular weight is 399 g/mol. The van der Waals surface area contributed by atoms with Gasteiger partial charge in [0.25, 0.3) is 11.6 Å². The largest absolute Gasteiger partial charge is 0.452 e. The zero-order valence-electron chi connectivity index (χ0n) is 16.5. The SMILES string of the molecule is CCC(CC)NC(=O)COC(=O)c1ccc(NCc2ccccc2)c([N+](=O)[O-])c1. The topological polar surface area (TPSA) is 111 Å². The molecule has 8 heteroatoms. The molecule has 29 heavy (non-hydrogen) atoms. The van der Waals surface area contributed by atoms with Gasteiger partial charge < -0.3 is 15.4 Å². The van der Waals surface area contributed by atoms with Crippen LogP contribution in [0.3, 0.4) is 0 Å². The number of hydrogen-bond donors (Lipinski definition) is 2. The molecular weight excluding hydrogens is 374 g/mol. The van der Waals surface area contributed by atoms with E-state index in [0.717, 1.165) is 24.5 Å². The third-order valence-corrected chi connectivity index (χ3v) is 4.44. The van der Waals surface area contributed by atoms with Crippen molar-refractivity contribution in [3.8, 4) is 0 Å². The summed E-state index contributed by atoms with van der Waals surface area (Å²) >= 11 is 0. The van der Waals surface area contributed by atoms with Gasteiger partial charge >= 0.3 is 5.97 Å². The lowest BCUT2D eigenvalue weighted by atomic mass is 10.1. The number of amides is 1. The Labute approximate surface area is 169 Å². The minimum Gasteiger partial charge on any atom is -0.452 e. The number of esters is 1. The standard InChI is InChI=1S/C21H25N3O5/c1-3-17(4-2)23-20(25)14-29-21(26)16-10-11-18(19(12-16)24(27)28)22-13-15-8-6-5-7-9-15/h5-12,17,22H,3-4,13-14H2,1-2H3,(H,23,25). The minimum absolute atomic E-state index is 0.0114. The number of rotatable bonds is 10. The van der Waals surface area contributed by atoms with Gasteiger partial charge in [-0.05, 0) is 30.5 Å². The molecule has 0 saturated carbocycles. The van der Waals surface area contributed by atoms with Crippen LogP contribution in [0.4, 0.5) is 11.4 Å². The number of benzene rings is 2. The van der Waals surface area contributed by atoms with Crippen LogP contribution in [-0.2, 0) is 16.1 Å². The van der Waals surface area contributed by atoms with Crippen molar-refractivity contribution in [3.05, 3.63) is 69.8 Å². The second-order valence-electron chi connectivity index (χ2n) is 6.49. The summed E-state index contributed by atoms with van der Waals surface area (Å²) in [6, 6.07) is 13.5. The smallest absolute Gasteiger partial charge is 0.338 e. The fourth-order valence-corrected chi connectivity index (χ4v) is 2.73. The van der Waals surface area contributed by atoms with Crippen molar-refractivity contribution >= 4 is 23.3 Å². The lowest BCUT2D eigenvalue weighted by molar-refractivity contribution is -0.384. The van der Waals surface area contributed by atoms with Crippen LogP contribution < -0.4 is 10.6 Å². The molecule has 154 valence electrons. The lowest BCUT2D eigenvalue weighted by Gasteiger charge is -2.14. The zero-order chi connectivity index (χ0) is 21.2. The maximum absolute atomic E-state index is 12.2. The van der Waals surface area contributed by atoms with Crippen molar-refractivity contribution in [1.29, 1.82) is 0 Å². The van der Waals surface area contributed by atoms with Crippen LogP contribution >= 0.6 is 0 Å². The quantitative estimate of drug-likeness (QED) is 0.358. The number of hydrogen-bond acceptors (Lipinski definition) is 6. The number of nitro benzene ring substituents is 1. The van der Waals surface area contributed by atoms with Crippen molar-refractivity contribution < 1.29 is 19.2 Å². The van der Waals surface area contributed by atoms with Crippen LogP contribution in [0.1, 0.15) is 42.6 Å². The summed E-state index contributed by atoms with van der Waals surface area (Å²) in [6.45, 7) is 3.87. The summed E-state index contributed by atoms with van der Waals surface area (Å²) in [7, 11) is 0. The molecule has 0 atom stereocenters. The number of nitrogens with zero attached hydrogens (tertiary/aromatic N) is 1. The highest BCUT2D eigenvalue weighted by Crippen LogP contribution is 2.26. The number of ether oxygens (including phenoxy) is 1. The molecule has 0 radical (unpaired) electrons. The second kappa shape index (κ2) is 10.8. The van der Waals surface area contributed by atoms with Crippen LogP contribution in [0.15, 0.2) is 48.5 Å². The van der Waals surface area contributed by atoms with E-state index in [4.69, 9.17) is 4.74 Å². The Balaban J connectivity index is 2.02. The van der Waals surface area contributed by atoms with E-state index >= 15 is 0 Å². The molecule has 0 saturated heterocycles. The van der Waals surface area contributed by atoms with E-state index in [-0.39, 0.29) is 17.3 Å². The van der Waals surface area contributed by atoms with E-state index in [1.807, 2.05) is 44.2 Å². The van der Waals surface area contributed by atoms with Gasteiger partial charge in [-0.3, -0.25) is 14.9 Å². The van der Waals surface area contributed by atoms with Crippen LogP contribution in [0.5, 0.6) is 0 Å². The molecule has 2 aromatic rings. The molecule has 2 rings (SSSR count). The first kappa shape index (κ1) is 21.9. The molecule has 0 fully saturated rings. The predicted molar refractivity (Wildman–Crippen MR) is 110 cm³/mol. The highest BCUT2D eigenvalue weighted by atomic mass is 16.6. The molecule has 2 aromatic carbocycles. The molecule has 0 spiro atoms. The van der Waals surface area contributed by atoms with Gasteiger partial charge in [-0.1, -0.05) is 44.2 Å². The van der Waals surface area contributed by atoms with Gasteiger partial charge in [-0.25, -0.2) is 4.79 Å². The molecule has 0 aliphatic rings. The Morgan fingerprint density at radius 1 is 1.10 bits per heavy atom. The minimum atomic E-state index is -0.789. The zero-order valence-corrected chi connectivity index (χ0v) is 16.5. The highest BCUT2D eigenvalue weighted by Gasteiger charge is 2.19. The molecule has 0 heterocycles. The van der Waals surface area contributed by atoms with Crippen molar-refractivity contribution in [2.24, 2.45) is 0 Å². The summed E-state index contributed by atoms with van der Waals surface area (Å²) in [5.41, 5.74) is 1.03. The molecule has 0 aromatic heterocycles. The van der Waals surface area contributed by atoms with Gasteiger partial charge in [0.15, 0.2) is 6.61 Å². The van der Waals surface area contributed by atoms with Crippen molar-refractivity contribution in [2.45, 2.75) is 39.3 Å². The second-order valence-corrected chi connectivity index (χ2v) is 6.49. The van der Waals surface area contributed by atoms with Gasteiger partial charge in [-0.15, -0.1) is 0 Å². The number of anilines is 1. The molecular formula is C21H25N3O5. The number of carbonyl (C=O) groups is 2. The fourth-order valence-electron chi connectivity index (χ4n) is 2.73. The van der Waals surface area contributed by atoms with E-state index in [1.54, 1.807) is 0 Å². The normalized spacial score (nSPS) is 10.4. The molecule has 0 aliphatic heterocycles. The van der Waals surface area contributed by atoms with Crippen LogP contribution in [0.25, 0.3) is 0 Å². The van der Waals surface area contributed by atoms with E-state index in [9.17, 15) is 19.7 Å². The summed E-state index contributed by atoms with van der Waals surface area (Å²) in [6.07, 6.45) is 1.56. The van der Waals surface area contributed by atoms with Gasteiger partial charge in [-0.2, -0.15) is 0 Å². The first-order valence-corrected chi connectivity index (χ1v) is 9.47. The Morgan fingerprint density at radius 3 is 2.41 bits per heavy atom. The molecule has 2 N–H and O–H groups in total. The van der Waals surface area contributed by atoms with Crippen LogP contribution in [0.2, 0.25) is 0 Å². The maximum Gasteiger partial charge on any atom is 0.338 e. The van der Waals surface area contributed by atoms with Gasteiger partial charge in [0.05, 0.1) is 10.5 Å². The maximum atomic E-state index is 12.2. The number of nitrogens with one attached hydrogen (secondary N) is 2. The summed E-state index contributed by atoms with van der Waals surface area (Å²) in [5, 5.41) is 17.2. The summed E-state index contributed by atoms with van der Waals surface area (Å²) < 4.78 is 4.99. The van der Waals surface area contributed by atoms with Gasteiger partial charge in [0.2, 0.25) is 0 Å². The van der Waals surface area contributed by atoms with Crippen LogP contribution in [-0.4, -0.2) is 29.4 Å². The van der Waals surface area contributed by atoms with Crippen LogP contribution in [0, 0.1) is 10.1 Å². The van der Waals surface area contributed by atoms with E-state index in [0.29, 0.717) is 12.2 Å². The van der Waals surface area contributed by atoms with E-state index in [1.165, 1.54) is 12.1 Å². The van der Waals surface area contributed by atoms with Gasteiger partial charge in [0.1, 0.15) is 5.69 Å². The Hall–Kier alpha value is -3.42. The number of carbonyl (C=O) groups excluding carboxylic acids is 2. The molecule has 1 amide bonds. The number of nitro groups is 1. The summed E-state index contributed by atoms with van der Waals surface area (Å²) in [4.78, 5) is 34.9. The van der Waals surface area contributed by atoms with E-state index < -0.39 is 23.4 Å². The monoisotopic (exact) mass is 399 g/mol. The van der Waals surface area contributed by atoms with Crippen molar-refractivity contribution in [3.63, 3.8) is 0 Å². The lowest BCUT2D eigenvalue weighted by Crippen LogP contribution is -2.36. The summed E-state index contributed by atoms with van der Waals surface area (Å²) in [5.74, 6) is -1.19. The van der Waals surface area contributed by atoms with Crippen molar-refractivity contribution in [1.82, 2.24) is 5.32 Å². The first-order chi connectivity index (χ1) is 13.9. The fraction of sp³-hybridized carbons (Fsp3) is 0.333. The Morgan fingerprint density at radius 2 is 1.79 bits per heavy atom. The molecule has 0 aliphatic carbocycles. The molecule has 0 unspecified atom stereocenters. The Bertz CT molecular complexity index is 851. The first-order valence-electron chi connectivity index (χ1n) is 9.47. The molecule has 8 nitrogen and oxygen atoms in total. The molecule has 0 bridgehead atoms. The van der Waals surface area contributed by atoms with Crippen molar-refractivity contribution in [2.75, 3.05) is 11.9 Å². The van der Waals surface area contributed by atoms with E-state index in [2.05, 4.69) is 10.6 Å². The van der Waals surface area contributed by atoms with Gasteiger partial charge in [0, 0.05) is 18.7 Å². The Kier molecular flexibility index (Phi) is 8.14.